The molecule has 47 valence electrons. The molecule has 1 rings (SSSR count). The van der Waals surface area contributed by atoms with Crippen LogP contribution < -0.4 is 0 Å². The summed E-state index contributed by atoms with van der Waals surface area (Å²) in [6.07, 6.45) is 1.87. The SMILES string of the molecule is C=Cc1ccccc1C.[Na]. The van der Waals surface area contributed by atoms with Crippen LogP contribution in [0, 0.1) is 6.92 Å². The molecule has 0 atom stereocenters. The molecule has 0 aliphatic carbocycles. The molecule has 0 fully saturated rings. The Bertz CT molecular complexity index is 216. The van der Waals surface area contributed by atoms with Crippen LogP contribution in [0.15, 0.2) is 30.8 Å². The standard InChI is InChI=1S/C9H10.Na/c1-3-9-7-5-4-6-8(9)2;/h3-7H,1H2,2H3;. The maximum Gasteiger partial charge on any atom is 0 e. The zero-order chi connectivity index (χ0) is 6.69. The normalized spacial score (nSPS) is 8.10. The van der Waals surface area contributed by atoms with Crippen molar-refractivity contribution in [3.8, 4) is 0 Å². The molecule has 1 aromatic carbocycles. The smallest absolute Gasteiger partial charge is 0 e. The van der Waals surface area contributed by atoms with Crippen LogP contribution in [0.5, 0.6) is 0 Å². The molecule has 0 aromatic heterocycles. The van der Waals surface area contributed by atoms with E-state index in [-0.39, 0.29) is 29.6 Å². The van der Waals surface area contributed by atoms with Crippen molar-refractivity contribution in [2.75, 3.05) is 0 Å². The summed E-state index contributed by atoms with van der Waals surface area (Å²) in [5.41, 5.74) is 2.50. The van der Waals surface area contributed by atoms with Gasteiger partial charge in [-0.15, -0.1) is 0 Å². The fourth-order valence-corrected chi connectivity index (χ4v) is 0.816. The van der Waals surface area contributed by atoms with Gasteiger partial charge in [0.25, 0.3) is 0 Å². The van der Waals surface area contributed by atoms with Crippen LogP contribution >= 0.6 is 0 Å². The summed E-state index contributed by atoms with van der Waals surface area (Å²) in [7, 11) is 0. The van der Waals surface area contributed by atoms with Gasteiger partial charge in [-0.1, -0.05) is 36.9 Å². The molecule has 0 amide bonds. The van der Waals surface area contributed by atoms with Gasteiger partial charge >= 0.3 is 0 Å². The summed E-state index contributed by atoms with van der Waals surface area (Å²) in [4.78, 5) is 0. The maximum absolute atomic E-state index is 3.69. The third-order valence-corrected chi connectivity index (χ3v) is 1.41. The molecule has 0 spiro atoms. The molecular formula is C9H10Na. The van der Waals surface area contributed by atoms with E-state index in [1.807, 2.05) is 18.2 Å². The van der Waals surface area contributed by atoms with E-state index in [9.17, 15) is 0 Å². The predicted molar refractivity (Wildman–Crippen MR) is 47.0 cm³/mol. The van der Waals surface area contributed by atoms with Gasteiger partial charge in [-0.05, 0) is 18.1 Å². The third kappa shape index (κ3) is 2.30. The first kappa shape index (κ1) is 9.96. The van der Waals surface area contributed by atoms with E-state index in [0.717, 1.165) is 0 Å². The van der Waals surface area contributed by atoms with Crippen LogP contribution in [0.25, 0.3) is 6.08 Å². The summed E-state index contributed by atoms with van der Waals surface area (Å²) in [5.74, 6) is 0. The molecule has 0 nitrogen and oxygen atoms in total. The monoisotopic (exact) mass is 141 g/mol. The summed E-state index contributed by atoms with van der Waals surface area (Å²) in [6.45, 7) is 5.77. The van der Waals surface area contributed by atoms with Crippen LogP contribution in [-0.2, 0) is 0 Å². The molecule has 1 heteroatoms. The van der Waals surface area contributed by atoms with E-state index in [1.165, 1.54) is 11.1 Å². The topological polar surface area (TPSA) is 0 Å². The average Bonchev–Trinajstić information content (AvgIpc) is 1.89. The van der Waals surface area contributed by atoms with Gasteiger partial charge in [-0.3, -0.25) is 0 Å². The van der Waals surface area contributed by atoms with Gasteiger partial charge in [0.1, 0.15) is 0 Å². The Labute approximate surface area is 84.3 Å². The van der Waals surface area contributed by atoms with Crippen molar-refractivity contribution in [1.82, 2.24) is 0 Å². The molecule has 0 unspecified atom stereocenters. The Morgan fingerprint density at radius 2 is 1.90 bits per heavy atom. The van der Waals surface area contributed by atoms with Gasteiger partial charge in [-0.25, -0.2) is 0 Å². The fourth-order valence-electron chi connectivity index (χ4n) is 0.816. The quantitative estimate of drug-likeness (QED) is 0.526. The largest absolute Gasteiger partial charge is 0.0985 e. The second-order valence-electron chi connectivity index (χ2n) is 2.06. The van der Waals surface area contributed by atoms with E-state index < -0.39 is 0 Å². The molecule has 0 bridgehead atoms. The van der Waals surface area contributed by atoms with Crippen molar-refractivity contribution in [2.45, 2.75) is 6.92 Å². The van der Waals surface area contributed by atoms with Crippen molar-refractivity contribution in [1.29, 1.82) is 0 Å². The summed E-state index contributed by atoms with van der Waals surface area (Å²) in [6, 6.07) is 8.19. The Morgan fingerprint density at radius 1 is 1.30 bits per heavy atom. The number of rotatable bonds is 1. The molecule has 0 saturated carbocycles. The Balaban J connectivity index is 0.000000810. The molecule has 0 aliphatic heterocycles. The molecule has 10 heavy (non-hydrogen) atoms. The van der Waals surface area contributed by atoms with Crippen LogP contribution in [0.2, 0.25) is 0 Å². The minimum absolute atomic E-state index is 0. The van der Waals surface area contributed by atoms with Crippen molar-refractivity contribution < 1.29 is 0 Å². The summed E-state index contributed by atoms with van der Waals surface area (Å²) < 4.78 is 0. The van der Waals surface area contributed by atoms with Gasteiger partial charge < -0.3 is 0 Å². The Hall–Kier alpha value is -0.0400. The summed E-state index contributed by atoms with van der Waals surface area (Å²) in [5, 5.41) is 0. The molecule has 1 radical (unpaired) electrons. The number of hydrogen-bond donors (Lipinski definition) is 0. The van der Waals surface area contributed by atoms with E-state index in [0.29, 0.717) is 0 Å². The number of aryl methyl sites for hydroxylation is 1. The molecular weight excluding hydrogens is 131 g/mol. The van der Waals surface area contributed by atoms with Crippen molar-refractivity contribution in [3.05, 3.63) is 42.0 Å². The first-order valence-electron chi connectivity index (χ1n) is 3.02. The molecule has 1 aromatic rings. The fraction of sp³-hybridized carbons (Fsp3) is 0.111. The van der Waals surface area contributed by atoms with Gasteiger partial charge in [0.2, 0.25) is 0 Å². The van der Waals surface area contributed by atoms with Crippen LogP contribution in [-0.4, -0.2) is 29.6 Å². The molecule has 0 aliphatic rings. The van der Waals surface area contributed by atoms with Crippen molar-refractivity contribution in [2.24, 2.45) is 0 Å². The zero-order valence-corrected chi connectivity index (χ0v) is 8.59. The Morgan fingerprint density at radius 3 is 2.30 bits per heavy atom. The van der Waals surface area contributed by atoms with Crippen LogP contribution in [0.4, 0.5) is 0 Å². The van der Waals surface area contributed by atoms with Gasteiger partial charge in [0.15, 0.2) is 0 Å². The number of hydrogen-bond acceptors (Lipinski definition) is 0. The zero-order valence-electron chi connectivity index (χ0n) is 6.59. The van der Waals surface area contributed by atoms with Crippen LogP contribution in [0.1, 0.15) is 11.1 Å². The van der Waals surface area contributed by atoms with Gasteiger partial charge in [-0.2, -0.15) is 0 Å². The first-order chi connectivity index (χ1) is 4.34. The Kier molecular flexibility index (Phi) is 4.71. The number of benzene rings is 1. The molecule has 0 saturated heterocycles. The van der Waals surface area contributed by atoms with Crippen molar-refractivity contribution in [3.63, 3.8) is 0 Å². The summed E-state index contributed by atoms with van der Waals surface area (Å²) >= 11 is 0. The third-order valence-electron chi connectivity index (χ3n) is 1.41. The minimum atomic E-state index is 0. The maximum atomic E-state index is 3.69. The van der Waals surface area contributed by atoms with E-state index >= 15 is 0 Å². The van der Waals surface area contributed by atoms with Gasteiger partial charge in [0.05, 0.1) is 0 Å². The average molecular weight is 141 g/mol. The molecule has 0 heterocycles. The van der Waals surface area contributed by atoms with Gasteiger partial charge in [0, 0.05) is 29.6 Å². The predicted octanol–water partition coefficient (Wildman–Crippen LogP) is 2.26. The van der Waals surface area contributed by atoms with E-state index in [1.54, 1.807) is 0 Å². The van der Waals surface area contributed by atoms with E-state index in [4.69, 9.17) is 0 Å². The van der Waals surface area contributed by atoms with E-state index in [2.05, 4.69) is 25.6 Å². The van der Waals surface area contributed by atoms with Crippen LogP contribution in [0.3, 0.4) is 0 Å². The van der Waals surface area contributed by atoms with Crippen molar-refractivity contribution >= 4 is 35.6 Å². The second kappa shape index (κ2) is 4.73. The first-order valence-corrected chi connectivity index (χ1v) is 3.02. The molecule has 0 N–H and O–H groups in total. The second-order valence-corrected chi connectivity index (χ2v) is 2.06. The minimum Gasteiger partial charge on any atom is -0.0985 e.